The van der Waals surface area contributed by atoms with E-state index in [1.54, 1.807) is 0 Å². The monoisotopic (exact) mass is 278 g/mol. The molecule has 0 radical (unpaired) electrons. The fraction of sp³-hybridized carbons (Fsp3) is 0.625. The molecule has 0 aliphatic carbocycles. The van der Waals surface area contributed by atoms with Gasteiger partial charge in [0.2, 0.25) is 0 Å². The van der Waals surface area contributed by atoms with Crippen LogP contribution in [0.2, 0.25) is 0 Å². The van der Waals surface area contributed by atoms with Gasteiger partial charge in [0.15, 0.2) is 0 Å². The molecule has 1 unspecified atom stereocenters. The van der Waals surface area contributed by atoms with Crippen molar-refractivity contribution in [3.63, 3.8) is 0 Å². The molecule has 12 heavy (non-hydrogen) atoms. The second-order valence-corrected chi connectivity index (χ2v) is 5.25. The first-order valence-corrected chi connectivity index (χ1v) is 7.34. The summed E-state index contributed by atoms with van der Waals surface area (Å²) >= 11 is 0.133. The third-order valence-electron chi connectivity index (χ3n) is 2.22. The molecule has 2 N–H and O–H groups in total. The molecule has 0 amide bonds. The summed E-state index contributed by atoms with van der Waals surface area (Å²) in [6, 6.07) is 0.598. The first-order valence-electron chi connectivity index (χ1n) is 4.10. The molecule has 1 aliphatic rings. The van der Waals surface area contributed by atoms with Crippen molar-refractivity contribution in [2.75, 3.05) is 4.93 Å². The number of alkyl halides is 1. The van der Waals surface area contributed by atoms with Gasteiger partial charge in [0.25, 0.3) is 0 Å². The number of hydrogen-bond acceptors (Lipinski definition) is 2. The van der Waals surface area contributed by atoms with Crippen molar-refractivity contribution in [3.05, 3.63) is 15.0 Å². The number of hydrogen-bond donors (Lipinski definition) is 2. The van der Waals surface area contributed by atoms with Crippen LogP contribution in [0, 0.1) is 3.70 Å². The van der Waals surface area contributed by atoms with Gasteiger partial charge in [-0.1, -0.05) is 0 Å². The van der Waals surface area contributed by atoms with Crippen molar-refractivity contribution in [1.82, 2.24) is 15.5 Å². The van der Waals surface area contributed by atoms with E-state index in [4.69, 9.17) is 0 Å². The number of nitrogens with zero attached hydrogens (tertiary/aromatic N) is 1. The SMILES string of the molecule is C[I-]c1n[nH]c2c1CNC(C)C2. The van der Waals surface area contributed by atoms with Crippen molar-refractivity contribution in [2.24, 2.45) is 0 Å². The van der Waals surface area contributed by atoms with Crippen molar-refractivity contribution in [3.8, 4) is 0 Å². The summed E-state index contributed by atoms with van der Waals surface area (Å²) in [4.78, 5) is 2.26. The van der Waals surface area contributed by atoms with E-state index in [1.165, 1.54) is 15.0 Å². The van der Waals surface area contributed by atoms with Gasteiger partial charge in [0, 0.05) is 0 Å². The van der Waals surface area contributed by atoms with Gasteiger partial charge < -0.3 is 0 Å². The fourth-order valence-electron chi connectivity index (χ4n) is 1.54. The third kappa shape index (κ3) is 1.37. The zero-order valence-electron chi connectivity index (χ0n) is 7.32. The molecule has 0 fully saturated rings. The van der Waals surface area contributed by atoms with Crippen LogP contribution in [0.3, 0.4) is 0 Å². The van der Waals surface area contributed by atoms with Crippen molar-refractivity contribution < 1.29 is 21.2 Å². The standard InChI is InChI=1S/C8H13IN3/c1-5-3-7-6(4-10-5)8(9-2)12-11-7/h5,10H,3-4H2,1-2H3,(H,11,12)/q-1. The Balaban J connectivity index is 2.32. The van der Waals surface area contributed by atoms with E-state index in [9.17, 15) is 0 Å². The summed E-state index contributed by atoms with van der Waals surface area (Å²) in [7, 11) is 0. The quantitative estimate of drug-likeness (QED) is 0.435. The Morgan fingerprint density at radius 2 is 2.42 bits per heavy atom. The average Bonchev–Trinajstić information content (AvgIpc) is 2.46. The Bertz CT molecular complexity index is 282. The molecular formula is C8H13IN3-. The van der Waals surface area contributed by atoms with Crippen LogP contribution in [-0.4, -0.2) is 21.2 Å². The van der Waals surface area contributed by atoms with Gasteiger partial charge in [-0.3, -0.25) is 0 Å². The van der Waals surface area contributed by atoms with E-state index < -0.39 is 0 Å². The second-order valence-electron chi connectivity index (χ2n) is 3.15. The van der Waals surface area contributed by atoms with Gasteiger partial charge in [0.05, 0.1) is 0 Å². The Kier molecular flexibility index (Phi) is 2.36. The van der Waals surface area contributed by atoms with Crippen LogP contribution < -0.4 is 26.5 Å². The molecule has 0 bridgehead atoms. The second kappa shape index (κ2) is 3.33. The van der Waals surface area contributed by atoms with E-state index in [1.807, 2.05) is 0 Å². The van der Waals surface area contributed by atoms with Crippen LogP contribution in [-0.2, 0) is 13.0 Å². The predicted octanol–water partition coefficient (Wildman–Crippen LogP) is -2.67. The molecule has 3 nitrogen and oxygen atoms in total. The summed E-state index contributed by atoms with van der Waals surface area (Å²) in [5.41, 5.74) is 2.81. The molecule has 4 heteroatoms. The maximum absolute atomic E-state index is 4.33. The van der Waals surface area contributed by atoms with Crippen molar-refractivity contribution in [1.29, 1.82) is 0 Å². The van der Waals surface area contributed by atoms with Gasteiger partial charge >= 0.3 is 82.5 Å². The Hall–Kier alpha value is -0.100. The van der Waals surface area contributed by atoms with Gasteiger partial charge in [-0.15, -0.1) is 0 Å². The molecule has 2 rings (SSSR count). The van der Waals surface area contributed by atoms with Gasteiger partial charge in [-0.25, -0.2) is 0 Å². The predicted molar refractivity (Wildman–Crippen MR) is 43.2 cm³/mol. The van der Waals surface area contributed by atoms with Crippen LogP contribution in [0.25, 0.3) is 0 Å². The molecule has 68 valence electrons. The summed E-state index contributed by atoms with van der Waals surface area (Å²) in [6.45, 7) is 3.22. The van der Waals surface area contributed by atoms with E-state index in [-0.39, 0.29) is 21.2 Å². The van der Waals surface area contributed by atoms with Crippen LogP contribution in [0.1, 0.15) is 18.2 Å². The normalized spacial score (nSPS) is 22.7. The Labute approximate surface area is 82.6 Å². The number of H-pyrrole nitrogens is 1. The number of fused-ring (bicyclic) bond motifs is 1. The van der Waals surface area contributed by atoms with Crippen LogP contribution in [0.15, 0.2) is 0 Å². The summed E-state index contributed by atoms with van der Waals surface area (Å²) < 4.78 is 1.34. The molecule has 0 aromatic carbocycles. The number of halogens is 1. The van der Waals surface area contributed by atoms with E-state index in [0.717, 1.165) is 13.0 Å². The minimum absolute atomic E-state index is 0.133. The first-order chi connectivity index (χ1) is 5.81. The molecule has 0 saturated heterocycles. The van der Waals surface area contributed by atoms with Gasteiger partial charge in [0.1, 0.15) is 0 Å². The number of aromatic nitrogens is 2. The molecular weight excluding hydrogens is 265 g/mol. The fourth-order valence-corrected chi connectivity index (χ4v) is 3.06. The van der Waals surface area contributed by atoms with Crippen molar-refractivity contribution in [2.45, 2.75) is 25.9 Å². The molecule has 1 atom stereocenters. The van der Waals surface area contributed by atoms with E-state index in [2.05, 4.69) is 27.4 Å². The van der Waals surface area contributed by atoms with Crippen LogP contribution >= 0.6 is 0 Å². The Morgan fingerprint density at radius 1 is 1.58 bits per heavy atom. The topological polar surface area (TPSA) is 40.7 Å². The first kappa shape index (κ1) is 8.50. The van der Waals surface area contributed by atoms with Crippen LogP contribution in [0.5, 0.6) is 0 Å². The molecule has 1 aliphatic heterocycles. The van der Waals surface area contributed by atoms with Gasteiger partial charge in [-0.2, -0.15) is 0 Å². The maximum atomic E-state index is 4.33. The van der Waals surface area contributed by atoms with Crippen molar-refractivity contribution >= 4 is 0 Å². The zero-order valence-corrected chi connectivity index (χ0v) is 9.47. The summed E-state index contributed by atoms with van der Waals surface area (Å²) in [5.74, 6) is 0. The minimum atomic E-state index is 0.133. The molecule has 0 saturated carbocycles. The number of rotatable bonds is 1. The summed E-state index contributed by atoms with van der Waals surface area (Å²) in [6.07, 6.45) is 1.10. The molecule has 1 aromatic rings. The Morgan fingerprint density at radius 3 is 3.17 bits per heavy atom. The zero-order chi connectivity index (χ0) is 8.55. The van der Waals surface area contributed by atoms with Crippen LogP contribution in [0.4, 0.5) is 0 Å². The van der Waals surface area contributed by atoms with E-state index in [0.29, 0.717) is 6.04 Å². The molecule has 2 heterocycles. The number of aromatic amines is 1. The van der Waals surface area contributed by atoms with E-state index >= 15 is 0 Å². The molecule has 0 spiro atoms. The molecule has 1 aromatic heterocycles. The third-order valence-corrected chi connectivity index (χ3v) is 4.13. The van der Waals surface area contributed by atoms with Gasteiger partial charge in [-0.05, 0) is 0 Å². The number of nitrogens with one attached hydrogen (secondary N) is 2. The summed E-state index contributed by atoms with van der Waals surface area (Å²) in [5, 5.41) is 10.9. The average molecular weight is 278 g/mol.